The molecule has 3 aliphatic rings. The van der Waals surface area contributed by atoms with Crippen LogP contribution in [0.25, 0.3) is 0 Å². The number of ether oxygens (including phenoxy) is 1. The Labute approximate surface area is 203 Å². The lowest BCUT2D eigenvalue weighted by Gasteiger charge is -2.48. The standard InChI is InChI=1S/C28H41NO5/c1-27(2,3)19-13-22(30)26-20-12-18(8-9-21(20)28(4,5)34-24(26)14-19)23(31)16-29-10-6-7-17(15-29)11-25(32)33/h8,13-14,17,20-21,23,30-31H,6-7,9-12,15-16H2,1-5H3,(H,32,33)/t17?,20-,21-,23?/m1/s1. The van der Waals surface area contributed by atoms with Crippen LogP contribution in [0.2, 0.25) is 0 Å². The van der Waals surface area contributed by atoms with E-state index in [9.17, 15) is 15.0 Å². The number of phenols is 1. The Morgan fingerprint density at radius 1 is 1.29 bits per heavy atom. The summed E-state index contributed by atoms with van der Waals surface area (Å²) in [5, 5.41) is 31.4. The number of rotatable bonds is 5. The van der Waals surface area contributed by atoms with E-state index in [0.717, 1.165) is 54.8 Å². The van der Waals surface area contributed by atoms with Crippen LogP contribution in [0.4, 0.5) is 0 Å². The summed E-state index contributed by atoms with van der Waals surface area (Å²) in [6, 6.07) is 3.96. The Balaban J connectivity index is 1.54. The van der Waals surface area contributed by atoms with Crippen LogP contribution in [-0.2, 0) is 10.2 Å². The number of hydrogen-bond acceptors (Lipinski definition) is 5. The van der Waals surface area contributed by atoms with E-state index < -0.39 is 12.1 Å². The van der Waals surface area contributed by atoms with E-state index in [1.165, 1.54) is 0 Å². The second-order valence-corrected chi connectivity index (χ2v) is 12.2. The minimum absolute atomic E-state index is 0.0866. The highest BCUT2D eigenvalue weighted by atomic mass is 16.5. The number of allylic oxidation sites excluding steroid dienone is 1. The molecule has 1 saturated heterocycles. The summed E-state index contributed by atoms with van der Waals surface area (Å²) < 4.78 is 6.46. The fraction of sp³-hybridized carbons (Fsp3) is 0.679. The minimum Gasteiger partial charge on any atom is -0.508 e. The summed E-state index contributed by atoms with van der Waals surface area (Å²) in [6.45, 7) is 12.8. The highest BCUT2D eigenvalue weighted by Crippen LogP contribution is 2.55. The van der Waals surface area contributed by atoms with Gasteiger partial charge in [0.2, 0.25) is 0 Å². The molecule has 1 fully saturated rings. The van der Waals surface area contributed by atoms with E-state index in [1.807, 2.05) is 6.07 Å². The maximum Gasteiger partial charge on any atom is 0.303 e. The molecular weight excluding hydrogens is 430 g/mol. The van der Waals surface area contributed by atoms with Crippen LogP contribution < -0.4 is 4.74 Å². The molecule has 0 spiro atoms. The molecule has 1 aromatic carbocycles. The van der Waals surface area contributed by atoms with Crippen molar-refractivity contribution >= 4 is 5.97 Å². The molecule has 2 heterocycles. The molecule has 1 aliphatic carbocycles. The van der Waals surface area contributed by atoms with Gasteiger partial charge in [0.1, 0.15) is 17.1 Å². The third-order valence-corrected chi connectivity index (χ3v) is 8.12. The van der Waals surface area contributed by atoms with Gasteiger partial charge in [0, 0.05) is 36.9 Å². The summed E-state index contributed by atoms with van der Waals surface area (Å²) >= 11 is 0. The number of carbonyl (C=O) groups is 1. The number of carboxylic acids is 1. The van der Waals surface area contributed by atoms with Gasteiger partial charge in [-0.2, -0.15) is 0 Å². The average Bonchev–Trinajstić information content (AvgIpc) is 2.71. The van der Waals surface area contributed by atoms with E-state index in [-0.39, 0.29) is 40.9 Å². The van der Waals surface area contributed by atoms with Crippen molar-refractivity contribution < 1.29 is 24.9 Å². The first kappa shape index (κ1) is 25.1. The Kier molecular flexibility index (Phi) is 6.78. The maximum absolute atomic E-state index is 11.2. The highest BCUT2D eigenvalue weighted by molar-refractivity contribution is 5.67. The SMILES string of the molecule is CC(C)(C)c1cc(O)c2c(c1)OC(C)(C)[C@@H]1CC=C(C(O)CN3CCCC(CC(=O)O)C3)C[C@@H]21. The Bertz CT molecular complexity index is 960. The van der Waals surface area contributed by atoms with Gasteiger partial charge in [-0.05, 0) is 80.7 Å². The van der Waals surface area contributed by atoms with Gasteiger partial charge in [0.05, 0.1) is 6.10 Å². The molecule has 4 atom stereocenters. The van der Waals surface area contributed by atoms with E-state index in [2.05, 4.69) is 51.7 Å². The Morgan fingerprint density at radius 2 is 2.03 bits per heavy atom. The van der Waals surface area contributed by atoms with Gasteiger partial charge in [0.25, 0.3) is 0 Å². The zero-order valence-corrected chi connectivity index (χ0v) is 21.3. The molecule has 0 saturated carbocycles. The maximum atomic E-state index is 11.2. The summed E-state index contributed by atoms with van der Waals surface area (Å²) in [4.78, 5) is 13.3. The zero-order chi connectivity index (χ0) is 24.8. The predicted molar refractivity (Wildman–Crippen MR) is 132 cm³/mol. The number of phenolic OH excluding ortho intramolecular Hbond substituents is 1. The second kappa shape index (κ2) is 9.19. The molecule has 4 rings (SSSR count). The smallest absolute Gasteiger partial charge is 0.303 e. The summed E-state index contributed by atoms with van der Waals surface area (Å²) in [5.41, 5.74) is 2.46. The van der Waals surface area contributed by atoms with Crippen molar-refractivity contribution in [2.45, 2.75) is 89.8 Å². The molecule has 0 bridgehead atoms. The molecule has 0 aromatic heterocycles. The molecule has 2 aliphatic heterocycles. The van der Waals surface area contributed by atoms with Crippen molar-refractivity contribution in [2.75, 3.05) is 19.6 Å². The number of fused-ring (bicyclic) bond motifs is 3. The lowest BCUT2D eigenvalue weighted by molar-refractivity contribution is -0.138. The topological polar surface area (TPSA) is 90.2 Å². The van der Waals surface area contributed by atoms with E-state index in [1.54, 1.807) is 0 Å². The summed E-state index contributed by atoms with van der Waals surface area (Å²) in [7, 11) is 0. The number of aromatic hydroxyl groups is 1. The number of piperidine rings is 1. The van der Waals surface area contributed by atoms with Gasteiger partial charge in [0.15, 0.2) is 0 Å². The second-order valence-electron chi connectivity index (χ2n) is 12.2. The lowest BCUT2D eigenvalue weighted by atomic mass is 9.66. The molecule has 34 heavy (non-hydrogen) atoms. The molecule has 6 nitrogen and oxygen atoms in total. The number of benzene rings is 1. The third kappa shape index (κ3) is 5.13. The zero-order valence-electron chi connectivity index (χ0n) is 21.3. The molecule has 188 valence electrons. The number of nitrogens with zero attached hydrogens (tertiary/aromatic N) is 1. The largest absolute Gasteiger partial charge is 0.508 e. The van der Waals surface area contributed by atoms with Crippen molar-refractivity contribution in [3.05, 3.63) is 34.9 Å². The number of carboxylic acid groups (broad SMARTS) is 1. The summed E-state index contributed by atoms with van der Waals surface area (Å²) in [6.07, 6.45) is 5.17. The summed E-state index contributed by atoms with van der Waals surface area (Å²) in [5.74, 6) is 0.764. The molecule has 1 aromatic rings. The molecular formula is C28H41NO5. The van der Waals surface area contributed by atoms with E-state index >= 15 is 0 Å². The molecule has 3 N–H and O–H groups in total. The quantitative estimate of drug-likeness (QED) is 0.533. The first-order chi connectivity index (χ1) is 15.8. The van der Waals surface area contributed by atoms with Gasteiger partial charge in [-0.15, -0.1) is 0 Å². The average molecular weight is 472 g/mol. The van der Waals surface area contributed by atoms with Crippen LogP contribution in [0.15, 0.2) is 23.8 Å². The first-order valence-electron chi connectivity index (χ1n) is 12.7. The normalized spacial score (nSPS) is 27.7. The van der Waals surface area contributed by atoms with Crippen molar-refractivity contribution in [1.82, 2.24) is 4.90 Å². The Hall–Kier alpha value is -2.05. The number of β-amino-alcohol motifs (C(OH)–C–C–N with tert-alkyl or cyclic N) is 1. The molecule has 2 unspecified atom stereocenters. The number of aliphatic hydroxyl groups excluding tert-OH is 1. The van der Waals surface area contributed by atoms with Gasteiger partial charge in [-0.3, -0.25) is 4.79 Å². The van der Waals surface area contributed by atoms with Crippen LogP contribution in [0.3, 0.4) is 0 Å². The van der Waals surface area contributed by atoms with E-state index in [4.69, 9.17) is 9.84 Å². The van der Waals surface area contributed by atoms with Crippen LogP contribution in [0.5, 0.6) is 11.5 Å². The van der Waals surface area contributed by atoms with Gasteiger partial charge < -0.3 is 25.0 Å². The predicted octanol–water partition coefficient (Wildman–Crippen LogP) is 4.83. The first-order valence-corrected chi connectivity index (χ1v) is 12.7. The third-order valence-electron chi connectivity index (χ3n) is 8.12. The molecule has 6 heteroatoms. The molecule has 0 amide bonds. The molecule has 0 radical (unpaired) electrons. The fourth-order valence-corrected chi connectivity index (χ4v) is 6.22. The van der Waals surface area contributed by atoms with Gasteiger partial charge in [-0.1, -0.05) is 26.8 Å². The fourth-order valence-electron chi connectivity index (χ4n) is 6.22. The van der Waals surface area contributed by atoms with Gasteiger partial charge in [-0.25, -0.2) is 0 Å². The van der Waals surface area contributed by atoms with Crippen molar-refractivity contribution in [3.8, 4) is 11.5 Å². The highest BCUT2D eigenvalue weighted by Gasteiger charge is 2.47. The van der Waals surface area contributed by atoms with Crippen LogP contribution in [0, 0.1) is 11.8 Å². The number of likely N-dealkylation sites (tertiary alicyclic amines) is 1. The minimum atomic E-state index is -0.747. The van der Waals surface area contributed by atoms with Gasteiger partial charge >= 0.3 is 5.97 Å². The van der Waals surface area contributed by atoms with Crippen molar-refractivity contribution in [2.24, 2.45) is 11.8 Å². The monoisotopic (exact) mass is 471 g/mol. The van der Waals surface area contributed by atoms with Crippen LogP contribution in [0.1, 0.15) is 83.8 Å². The van der Waals surface area contributed by atoms with E-state index in [0.29, 0.717) is 13.0 Å². The van der Waals surface area contributed by atoms with Crippen LogP contribution >= 0.6 is 0 Å². The number of aliphatic hydroxyl groups is 1. The number of hydrogen-bond donors (Lipinski definition) is 3. The number of aliphatic carboxylic acids is 1. The van der Waals surface area contributed by atoms with Crippen molar-refractivity contribution in [3.63, 3.8) is 0 Å². The lowest BCUT2D eigenvalue weighted by Crippen LogP contribution is -2.47. The van der Waals surface area contributed by atoms with Crippen molar-refractivity contribution in [1.29, 1.82) is 0 Å². The Morgan fingerprint density at radius 3 is 2.71 bits per heavy atom. The van der Waals surface area contributed by atoms with Crippen LogP contribution in [-0.4, -0.2) is 57.5 Å².